The largest absolute Gasteiger partial charge is 0.377 e. The zero-order valence-electron chi connectivity index (χ0n) is 12.0. The number of alkyl halides is 8. The van der Waals surface area contributed by atoms with Gasteiger partial charge in [0.2, 0.25) is 6.08 Å². The zero-order chi connectivity index (χ0) is 18.0. The summed E-state index contributed by atoms with van der Waals surface area (Å²) in [7, 11) is 0. The summed E-state index contributed by atoms with van der Waals surface area (Å²) in [6, 6.07) is 0. The van der Waals surface area contributed by atoms with Crippen LogP contribution in [0.25, 0.3) is 0 Å². The second-order valence-electron chi connectivity index (χ2n) is 4.28. The molecule has 0 aromatic rings. The molecule has 0 unspecified atom stereocenters. The first-order valence-electron chi connectivity index (χ1n) is 6.37. The molecule has 0 saturated heterocycles. The Morgan fingerprint density at radius 2 is 1.50 bits per heavy atom. The molecule has 0 atom stereocenters. The van der Waals surface area contributed by atoms with E-state index in [-0.39, 0.29) is 6.42 Å². The Kier molecular flexibility index (Phi) is 10.2. The van der Waals surface area contributed by atoms with Crippen LogP contribution in [0, 0.1) is 0 Å². The van der Waals surface area contributed by atoms with E-state index in [1.807, 2.05) is 6.92 Å². The van der Waals surface area contributed by atoms with Gasteiger partial charge in [0.1, 0.15) is 0 Å². The maximum atomic E-state index is 12.7. The van der Waals surface area contributed by atoms with Crippen LogP contribution in [0.2, 0.25) is 0 Å². The molecule has 0 fully saturated rings. The highest BCUT2D eigenvalue weighted by atomic mass is 19.4. The number of aliphatic imine (C=N–C) groups is 1. The van der Waals surface area contributed by atoms with E-state index in [2.05, 4.69) is 4.99 Å². The van der Waals surface area contributed by atoms with Crippen molar-refractivity contribution in [2.24, 2.45) is 4.99 Å². The van der Waals surface area contributed by atoms with E-state index in [9.17, 15) is 39.9 Å². The van der Waals surface area contributed by atoms with Gasteiger partial charge in [-0.15, -0.1) is 0 Å². The predicted octanol–water partition coefficient (Wildman–Crippen LogP) is 5.08. The first kappa shape index (κ1) is 23.1. The molecule has 0 spiro atoms. The molecule has 132 valence electrons. The third-order valence-corrected chi connectivity index (χ3v) is 2.40. The number of hydrogen-bond donors (Lipinski definition) is 0. The van der Waals surface area contributed by atoms with E-state index in [0.717, 1.165) is 6.42 Å². The summed E-state index contributed by atoms with van der Waals surface area (Å²) in [4.78, 5) is 12.6. The maximum absolute atomic E-state index is 12.7. The number of isocyanates is 1. The molecule has 0 amide bonds. The van der Waals surface area contributed by atoms with Crippen molar-refractivity contribution in [1.29, 1.82) is 0 Å². The highest BCUT2D eigenvalue weighted by Crippen LogP contribution is 2.50. The fraction of sp³-hybridized carbons (Fsp3) is 0.917. The molecule has 22 heavy (non-hydrogen) atoms. The molecule has 0 rings (SSSR count). The van der Waals surface area contributed by atoms with Gasteiger partial charge in [-0.25, -0.2) is 18.6 Å². The maximum Gasteiger partial charge on any atom is 0.377 e. The molecule has 0 N–H and O–H groups in total. The minimum Gasteiger partial charge on any atom is -0.211 e. The van der Waals surface area contributed by atoms with Crippen molar-refractivity contribution >= 4 is 6.08 Å². The SMILES string of the molecule is CCCCC(F)(F)C(F)(F)C(F)(F)C(F)F.CCCN=C=O. The first-order valence-corrected chi connectivity index (χ1v) is 6.37. The van der Waals surface area contributed by atoms with Crippen LogP contribution in [-0.2, 0) is 4.79 Å². The van der Waals surface area contributed by atoms with Gasteiger partial charge in [-0.05, 0) is 12.8 Å². The molecule has 0 aliphatic carbocycles. The van der Waals surface area contributed by atoms with Gasteiger partial charge in [0.05, 0.1) is 6.54 Å². The van der Waals surface area contributed by atoms with Crippen LogP contribution >= 0.6 is 0 Å². The molecule has 0 aromatic carbocycles. The van der Waals surface area contributed by atoms with Gasteiger partial charge in [0.15, 0.2) is 0 Å². The van der Waals surface area contributed by atoms with Gasteiger partial charge in [-0.2, -0.15) is 26.3 Å². The molecule has 0 saturated carbocycles. The van der Waals surface area contributed by atoms with Crippen molar-refractivity contribution in [1.82, 2.24) is 0 Å². The number of unbranched alkanes of at least 4 members (excludes halogenated alkanes) is 1. The topological polar surface area (TPSA) is 29.4 Å². The molecule has 0 aromatic heterocycles. The van der Waals surface area contributed by atoms with E-state index in [1.165, 1.54) is 13.0 Å². The molecule has 0 radical (unpaired) electrons. The molecule has 0 bridgehead atoms. The second-order valence-corrected chi connectivity index (χ2v) is 4.28. The van der Waals surface area contributed by atoms with Gasteiger partial charge < -0.3 is 0 Å². The zero-order valence-corrected chi connectivity index (χ0v) is 12.0. The normalized spacial score (nSPS) is 12.5. The van der Waals surface area contributed by atoms with Crippen molar-refractivity contribution < 1.29 is 39.9 Å². The monoisotopic (exact) mass is 343 g/mol. The van der Waals surface area contributed by atoms with Crippen molar-refractivity contribution in [2.75, 3.05) is 6.54 Å². The molecular formula is C12H17F8NO. The van der Waals surface area contributed by atoms with Crippen molar-refractivity contribution in [3.63, 3.8) is 0 Å². The lowest BCUT2D eigenvalue weighted by Gasteiger charge is -2.32. The summed E-state index contributed by atoms with van der Waals surface area (Å²) in [6.07, 6.45) is -4.42. The highest BCUT2D eigenvalue weighted by Gasteiger charge is 2.74. The lowest BCUT2D eigenvalue weighted by molar-refractivity contribution is -0.339. The molecule has 2 nitrogen and oxygen atoms in total. The molecule has 0 heterocycles. The lowest BCUT2D eigenvalue weighted by atomic mass is 10.00. The average Bonchev–Trinajstić information content (AvgIpc) is 2.43. The summed E-state index contributed by atoms with van der Waals surface area (Å²) in [5.41, 5.74) is 0. The van der Waals surface area contributed by atoms with E-state index < -0.39 is 37.0 Å². The summed E-state index contributed by atoms with van der Waals surface area (Å²) in [6.45, 7) is 3.95. The van der Waals surface area contributed by atoms with Gasteiger partial charge in [0.25, 0.3) is 0 Å². The smallest absolute Gasteiger partial charge is 0.211 e. The summed E-state index contributed by atoms with van der Waals surface area (Å²) in [5.74, 6) is -17.2. The summed E-state index contributed by atoms with van der Waals surface area (Å²) >= 11 is 0. The van der Waals surface area contributed by atoms with Crippen LogP contribution in [-0.4, -0.2) is 36.8 Å². The molecule has 10 heteroatoms. The Balaban J connectivity index is 0. The third-order valence-electron chi connectivity index (χ3n) is 2.40. The number of halogens is 8. The van der Waals surface area contributed by atoms with Gasteiger partial charge >= 0.3 is 24.2 Å². The Bertz CT molecular complexity index is 353. The number of carbonyl (C=O) groups excluding carboxylic acids is 1. The minimum atomic E-state index is -6.05. The average molecular weight is 343 g/mol. The number of rotatable bonds is 8. The third kappa shape index (κ3) is 6.29. The number of nitrogens with zero attached hydrogens (tertiary/aromatic N) is 1. The van der Waals surface area contributed by atoms with E-state index in [0.29, 0.717) is 6.54 Å². The van der Waals surface area contributed by atoms with E-state index in [1.54, 1.807) is 0 Å². The van der Waals surface area contributed by atoms with Gasteiger partial charge in [-0.1, -0.05) is 20.3 Å². The standard InChI is InChI=1S/C8H10F8.C4H7NO/c1-2-3-4-6(11,12)8(15,16)7(13,14)5(9)10;1-2-3-5-4-6/h5H,2-4H2,1H3;2-3H2,1H3. The Morgan fingerprint density at radius 1 is 1.00 bits per heavy atom. The van der Waals surface area contributed by atoms with Crippen molar-refractivity contribution in [3.05, 3.63) is 0 Å². The second kappa shape index (κ2) is 9.76. The van der Waals surface area contributed by atoms with Gasteiger partial charge in [0, 0.05) is 6.42 Å². The predicted molar refractivity (Wildman–Crippen MR) is 63.6 cm³/mol. The van der Waals surface area contributed by atoms with Crippen LogP contribution < -0.4 is 0 Å². The summed E-state index contributed by atoms with van der Waals surface area (Å²) < 4.78 is 98.2. The van der Waals surface area contributed by atoms with Crippen LogP contribution in [0.4, 0.5) is 35.1 Å². The van der Waals surface area contributed by atoms with Crippen LogP contribution in [0.1, 0.15) is 39.5 Å². The highest BCUT2D eigenvalue weighted by molar-refractivity contribution is 5.32. The molecule has 0 aliphatic heterocycles. The van der Waals surface area contributed by atoms with Crippen LogP contribution in [0.5, 0.6) is 0 Å². The van der Waals surface area contributed by atoms with E-state index in [4.69, 9.17) is 0 Å². The van der Waals surface area contributed by atoms with Crippen molar-refractivity contribution in [2.45, 2.75) is 63.7 Å². The fourth-order valence-corrected chi connectivity index (χ4v) is 1.09. The van der Waals surface area contributed by atoms with E-state index >= 15 is 0 Å². The Morgan fingerprint density at radius 3 is 1.77 bits per heavy atom. The number of hydrogen-bond acceptors (Lipinski definition) is 2. The van der Waals surface area contributed by atoms with Crippen molar-refractivity contribution in [3.8, 4) is 0 Å². The Labute approximate surface area is 122 Å². The minimum absolute atomic E-state index is 0.0614. The van der Waals surface area contributed by atoms with Crippen LogP contribution in [0.15, 0.2) is 4.99 Å². The molecular weight excluding hydrogens is 326 g/mol. The van der Waals surface area contributed by atoms with Crippen LogP contribution in [0.3, 0.4) is 0 Å². The quantitative estimate of drug-likeness (QED) is 0.343. The lowest BCUT2D eigenvalue weighted by Crippen LogP contribution is -2.57. The van der Waals surface area contributed by atoms with Gasteiger partial charge in [-0.3, -0.25) is 0 Å². The summed E-state index contributed by atoms with van der Waals surface area (Å²) in [5, 5.41) is 0. The fourth-order valence-electron chi connectivity index (χ4n) is 1.09. The Hall–Kier alpha value is -1.18. The molecule has 0 aliphatic rings. The first-order chi connectivity index (χ1) is 9.92.